The van der Waals surface area contributed by atoms with Crippen LogP contribution in [-0.2, 0) is 6.54 Å². The molecule has 0 aliphatic rings. The summed E-state index contributed by atoms with van der Waals surface area (Å²) < 4.78 is 5.54. The molecule has 1 N–H and O–H groups in total. The average Bonchev–Trinajstić information content (AvgIpc) is 2.65. The average molecular weight is 346 g/mol. The van der Waals surface area contributed by atoms with Crippen LogP contribution >= 0.6 is 0 Å². The molecule has 4 heteroatoms. The van der Waals surface area contributed by atoms with Crippen molar-refractivity contribution in [2.75, 3.05) is 7.11 Å². The molecule has 0 atom stereocenters. The highest BCUT2D eigenvalue weighted by Gasteiger charge is 2.12. The van der Waals surface area contributed by atoms with Crippen molar-refractivity contribution in [3.63, 3.8) is 0 Å². The van der Waals surface area contributed by atoms with Gasteiger partial charge in [-0.25, -0.2) is 0 Å². The van der Waals surface area contributed by atoms with Gasteiger partial charge in [-0.1, -0.05) is 29.3 Å². The standard InChI is InChI=1S/C22H22N2O2/c1-15-10-16(2)12-19(11-15)20-5-4-18(13-21(20)26-3)22(25)24-14-17-6-8-23-9-7-17/h4-13H,14H2,1-3H3,(H,24,25). The van der Waals surface area contributed by atoms with Crippen molar-refractivity contribution >= 4 is 5.91 Å². The van der Waals surface area contributed by atoms with Crippen LogP contribution in [0.15, 0.2) is 60.9 Å². The number of carbonyl (C=O) groups excluding carboxylic acids is 1. The fraction of sp³-hybridized carbons (Fsp3) is 0.182. The van der Waals surface area contributed by atoms with Crippen molar-refractivity contribution in [1.82, 2.24) is 10.3 Å². The second-order valence-corrected chi connectivity index (χ2v) is 6.33. The maximum Gasteiger partial charge on any atom is 0.251 e. The van der Waals surface area contributed by atoms with E-state index in [1.807, 2.05) is 24.3 Å². The molecule has 132 valence electrons. The number of aryl methyl sites for hydroxylation is 2. The number of amides is 1. The van der Waals surface area contributed by atoms with Crippen LogP contribution in [0, 0.1) is 13.8 Å². The lowest BCUT2D eigenvalue weighted by atomic mass is 9.98. The Hall–Kier alpha value is -3.14. The third kappa shape index (κ3) is 4.09. The van der Waals surface area contributed by atoms with Gasteiger partial charge in [0.25, 0.3) is 5.91 Å². The van der Waals surface area contributed by atoms with E-state index in [2.05, 4.69) is 42.3 Å². The number of rotatable bonds is 5. The Kier molecular flexibility index (Phi) is 5.32. The quantitative estimate of drug-likeness (QED) is 0.749. The Morgan fingerprint density at radius 2 is 1.69 bits per heavy atom. The zero-order valence-corrected chi connectivity index (χ0v) is 15.2. The largest absolute Gasteiger partial charge is 0.496 e. The van der Waals surface area contributed by atoms with E-state index in [1.54, 1.807) is 25.6 Å². The number of nitrogens with zero attached hydrogens (tertiary/aromatic N) is 1. The van der Waals surface area contributed by atoms with E-state index in [-0.39, 0.29) is 5.91 Å². The van der Waals surface area contributed by atoms with E-state index >= 15 is 0 Å². The first-order valence-electron chi connectivity index (χ1n) is 8.50. The molecule has 1 heterocycles. The van der Waals surface area contributed by atoms with Crippen molar-refractivity contribution in [1.29, 1.82) is 0 Å². The number of ether oxygens (including phenoxy) is 1. The van der Waals surface area contributed by atoms with Crippen LogP contribution in [0.4, 0.5) is 0 Å². The van der Waals surface area contributed by atoms with Crippen molar-refractivity contribution in [3.8, 4) is 16.9 Å². The SMILES string of the molecule is COc1cc(C(=O)NCc2ccncc2)ccc1-c1cc(C)cc(C)c1. The Morgan fingerprint density at radius 1 is 1.00 bits per heavy atom. The predicted molar refractivity (Wildman–Crippen MR) is 103 cm³/mol. The van der Waals surface area contributed by atoms with Crippen LogP contribution in [0.1, 0.15) is 27.0 Å². The number of hydrogen-bond donors (Lipinski definition) is 1. The van der Waals surface area contributed by atoms with Gasteiger partial charge in [-0.15, -0.1) is 0 Å². The molecular weight excluding hydrogens is 324 g/mol. The van der Waals surface area contributed by atoms with Gasteiger partial charge >= 0.3 is 0 Å². The minimum absolute atomic E-state index is 0.132. The number of hydrogen-bond acceptors (Lipinski definition) is 3. The molecule has 0 radical (unpaired) electrons. The van der Waals surface area contributed by atoms with Crippen molar-refractivity contribution in [2.45, 2.75) is 20.4 Å². The highest BCUT2D eigenvalue weighted by Crippen LogP contribution is 2.32. The molecular formula is C22H22N2O2. The molecule has 0 aliphatic carbocycles. The zero-order chi connectivity index (χ0) is 18.5. The summed E-state index contributed by atoms with van der Waals surface area (Å²) in [5.74, 6) is 0.554. The summed E-state index contributed by atoms with van der Waals surface area (Å²) in [5, 5.41) is 2.92. The molecule has 2 aromatic carbocycles. The van der Waals surface area contributed by atoms with Gasteiger partial charge in [-0.2, -0.15) is 0 Å². The fourth-order valence-corrected chi connectivity index (χ4v) is 2.99. The predicted octanol–water partition coefficient (Wildman–Crippen LogP) is 4.30. The number of methoxy groups -OCH3 is 1. The molecule has 0 unspecified atom stereocenters. The summed E-state index contributed by atoms with van der Waals surface area (Å²) >= 11 is 0. The maximum absolute atomic E-state index is 12.5. The van der Waals surface area contributed by atoms with Crippen molar-refractivity contribution in [2.24, 2.45) is 0 Å². The summed E-state index contributed by atoms with van der Waals surface area (Å²) in [6.45, 7) is 4.61. The van der Waals surface area contributed by atoms with Gasteiger partial charge < -0.3 is 10.1 Å². The molecule has 3 rings (SSSR count). The van der Waals surface area contributed by atoms with Gasteiger partial charge in [-0.05, 0) is 55.3 Å². The third-order valence-corrected chi connectivity index (χ3v) is 4.20. The Labute approximate surface area is 153 Å². The molecule has 0 saturated heterocycles. The van der Waals surface area contributed by atoms with Crippen molar-refractivity contribution < 1.29 is 9.53 Å². The summed E-state index contributed by atoms with van der Waals surface area (Å²) in [4.78, 5) is 16.4. The molecule has 3 aromatic rings. The summed E-state index contributed by atoms with van der Waals surface area (Å²) in [6.07, 6.45) is 3.42. The second-order valence-electron chi connectivity index (χ2n) is 6.33. The maximum atomic E-state index is 12.5. The Bertz CT molecular complexity index is 900. The van der Waals surface area contributed by atoms with Gasteiger partial charge in [-0.3, -0.25) is 9.78 Å². The van der Waals surface area contributed by atoms with Crippen molar-refractivity contribution in [3.05, 3.63) is 83.2 Å². The summed E-state index contributed by atoms with van der Waals surface area (Å²) in [6, 6.07) is 15.7. The normalized spacial score (nSPS) is 10.4. The van der Waals surface area contributed by atoms with Crippen LogP contribution in [0.3, 0.4) is 0 Å². The lowest BCUT2D eigenvalue weighted by molar-refractivity contribution is 0.0950. The first kappa shape index (κ1) is 17.7. The second kappa shape index (κ2) is 7.83. The van der Waals surface area contributed by atoms with Crippen LogP contribution < -0.4 is 10.1 Å². The number of nitrogens with one attached hydrogen (secondary N) is 1. The number of pyridine rings is 1. The molecule has 1 aromatic heterocycles. The summed E-state index contributed by atoms with van der Waals surface area (Å²) in [5.41, 5.74) is 6.03. The van der Waals surface area contributed by atoms with Crippen LogP contribution in [-0.4, -0.2) is 18.0 Å². The van der Waals surface area contributed by atoms with Gasteiger partial charge in [0, 0.05) is 30.1 Å². The lowest BCUT2D eigenvalue weighted by Gasteiger charge is -2.12. The summed E-state index contributed by atoms with van der Waals surface area (Å²) in [7, 11) is 1.63. The molecule has 26 heavy (non-hydrogen) atoms. The highest BCUT2D eigenvalue weighted by molar-refractivity contribution is 5.95. The lowest BCUT2D eigenvalue weighted by Crippen LogP contribution is -2.22. The van der Waals surface area contributed by atoms with Crippen LogP contribution in [0.2, 0.25) is 0 Å². The molecule has 0 aliphatic heterocycles. The Morgan fingerprint density at radius 3 is 2.35 bits per heavy atom. The number of carbonyl (C=O) groups is 1. The minimum Gasteiger partial charge on any atom is -0.496 e. The fourth-order valence-electron chi connectivity index (χ4n) is 2.99. The van der Waals surface area contributed by atoms with Gasteiger partial charge in [0.15, 0.2) is 0 Å². The third-order valence-electron chi connectivity index (χ3n) is 4.20. The van der Waals surface area contributed by atoms with Gasteiger partial charge in [0.05, 0.1) is 7.11 Å². The van der Waals surface area contributed by atoms with Crippen LogP contribution in [0.5, 0.6) is 5.75 Å². The minimum atomic E-state index is -0.132. The molecule has 1 amide bonds. The topological polar surface area (TPSA) is 51.2 Å². The van der Waals surface area contributed by atoms with E-state index in [1.165, 1.54) is 11.1 Å². The van der Waals surface area contributed by atoms with Crippen LogP contribution in [0.25, 0.3) is 11.1 Å². The molecule has 0 fully saturated rings. The van der Waals surface area contributed by atoms with E-state index < -0.39 is 0 Å². The van der Waals surface area contributed by atoms with Gasteiger partial charge in [0.1, 0.15) is 5.75 Å². The molecule has 0 spiro atoms. The molecule has 0 saturated carbocycles. The molecule has 0 bridgehead atoms. The Balaban J connectivity index is 1.83. The smallest absolute Gasteiger partial charge is 0.251 e. The van der Waals surface area contributed by atoms with E-state index in [4.69, 9.17) is 4.74 Å². The molecule has 4 nitrogen and oxygen atoms in total. The first-order chi connectivity index (χ1) is 12.6. The van der Waals surface area contributed by atoms with E-state index in [0.717, 1.165) is 16.7 Å². The first-order valence-corrected chi connectivity index (χ1v) is 8.50. The number of aromatic nitrogens is 1. The van der Waals surface area contributed by atoms with Gasteiger partial charge in [0.2, 0.25) is 0 Å². The number of benzene rings is 2. The zero-order valence-electron chi connectivity index (χ0n) is 15.2. The van der Waals surface area contributed by atoms with E-state index in [0.29, 0.717) is 17.9 Å². The highest BCUT2D eigenvalue weighted by atomic mass is 16.5. The monoisotopic (exact) mass is 346 g/mol. The van der Waals surface area contributed by atoms with E-state index in [9.17, 15) is 4.79 Å².